The van der Waals surface area contributed by atoms with E-state index in [-0.39, 0.29) is 11.7 Å². The molecule has 0 fully saturated rings. The molecule has 5 nitrogen and oxygen atoms in total. The molecule has 0 aliphatic heterocycles. The van der Waals surface area contributed by atoms with E-state index in [1.54, 1.807) is 62.8 Å². The second-order valence-corrected chi connectivity index (χ2v) is 5.11. The van der Waals surface area contributed by atoms with Crippen LogP contribution in [0.3, 0.4) is 0 Å². The van der Waals surface area contributed by atoms with Gasteiger partial charge in [-0.2, -0.15) is 0 Å². The zero-order chi connectivity index (χ0) is 17.5. The van der Waals surface area contributed by atoms with E-state index in [2.05, 4.69) is 5.32 Å². The van der Waals surface area contributed by atoms with Gasteiger partial charge in [-0.1, -0.05) is 18.2 Å². The number of nitrogens with one attached hydrogen (secondary N) is 1. The van der Waals surface area contributed by atoms with Crippen LogP contribution in [0.5, 0.6) is 11.5 Å². The van der Waals surface area contributed by atoms with Crippen molar-refractivity contribution in [3.8, 4) is 11.5 Å². The van der Waals surface area contributed by atoms with Gasteiger partial charge in [0.1, 0.15) is 11.5 Å². The van der Waals surface area contributed by atoms with E-state index >= 15 is 0 Å². The van der Waals surface area contributed by atoms with Crippen molar-refractivity contribution in [1.82, 2.24) is 0 Å². The Hall–Kier alpha value is -3.08. The van der Waals surface area contributed by atoms with Crippen LogP contribution in [0.25, 0.3) is 6.08 Å². The Labute approximate surface area is 140 Å². The first-order valence-corrected chi connectivity index (χ1v) is 7.35. The molecule has 0 aliphatic rings. The third kappa shape index (κ3) is 4.71. The molecule has 0 bridgehead atoms. The molecule has 0 heterocycles. The van der Waals surface area contributed by atoms with Crippen LogP contribution in [0.15, 0.2) is 48.5 Å². The van der Waals surface area contributed by atoms with Gasteiger partial charge in [-0.05, 0) is 35.9 Å². The highest BCUT2D eigenvalue weighted by Gasteiger charge is 2.05. The second kappa shape index (κ2) is 7.97. The molecular formula is C19H19NO4. The molecule has 124 valence electrons. The van der Waals surface area contributed by atoms with Crippen molar-refractivity contribution in [2.45, 2.75) is 6.92 Å². The average molecular weight is 325 g/mol. The van der Waals surface area contributed by atoms with Crippen LogP contribution in [0.1, 0.15) is 22.8 Å². The van der Waals surface area contributed by atoms with Gasteiger partial charge in [-0.15, -0.1) is 0 Å². The quantitative estimate of drug-likeness (QED) is 0.651. The van der Waals surface area contributed by atoms with Crippen LogP contribution in [0, 0.1) is 0 Å². The molecule has 0 spiro atoms. The van der Waals surface area contributed by atoms with Crippen molar-refractivity contribution < 1.29 is 19.1 Å². The molecule has 0 aromatic heterocycles. The van der Waals surface area contributed by atoms with Gasteiger partial charge >= 0.3 is 0 Å². The number of benzene rings is 2. The first kappa shape index (κ1) is 17.3. The number of hydrogen-bond donors (Lipinski definition) is 1. The van der Waals surface area contributed by atoms with E-state index < -0.39 is 0 Å². The smallest absolute Gasteiger partial charge is 0.221 e. The van der Waals surface area contributed by atoms with E-state index in [4.69, 9.17) is 9.47 Å². The molecule has 5 heteroatoms. The van der Waals surface area contributed by atoms with E-state index in [1.165, 1.54) is 13.0 Å². The van der Waals surface area contributed by atoms with Crippen LogP contribution in [-0.4, -0.2) is 25.9 Å². The highest BCUT2D eigenvalue weighted by atomic mass is 16.5. The largest absolute Gasteiger partial charge is 0.497 e. The summed E-state index contributed by atoms with van der Waals surface area (Å²) in [5.74, 6) is 0.950. The van der Waals surface area contributed by atoms with Gasteiger partial charge in [-0.25, -0.2) is 0 Å². The zero-order valence-corrected chi connectivity index (χ0v) is 13.8. The number of rotatable bonds is 6. The van der Waals surface area contributed by atoms with Crippen LogP contribution in [-0.2, 0) is 4.79 Å². The Bertz CT molecular complexity index is 758. The zero-order valence-electron chi connectivity index (χ0n) is 13.8. The third-order valence-electron chi connectivity index (χ3n) is 3.27. The Morgan fingerprint density at radius 2 is 1.67 bits per heavy atom. The van der Waals surface area contributed by atoms with Gasteiger partial charge in [0, 0.05) is 24.2 Å². The fourth-order valence-electron chi connectivity index (χ4n) is 2.15. The fraction of sp³-hybridized carbons (Fsp3) is 0.158. The monoisotopic (exact) mass is 325 g/mol. The lowest BCUT2D eigenvalue weighted by Crippen LogP contribution is -2.06. The average Bonchev–Trinajstić information content (AvgIpc) is 2.58. The Kier molecular flexibility index (Phi) is 5.73. The third-order valence-corrected chi connectivity index (χ3v) is 3.27. The van der Waals surface area contributed by atoms with Crippen molar-refractivity contribution in [3.63, 3.8) is 0 Å². The SMILES string of the molecule is COc1cc(/C=C/C(=O)c2cccc(NC(C)=O)c2)cc(OC)c1. The normalized spacial score (nSPS) is 10.5. The maximum Gasteiger partial charge on any atom is 0.221 e. The summed E-state index contributed by atoms with van der Waals surface area (Å²) in [6.07, 6.45) is 3.17. The van der Waals surface area contributed by atoms with Crippen LogP contribution >= 0.6 is 0 Å². The molecule has 0 saturated heterocycles. The molecule has 1 N–H and O–H groups in total. The van der Waals surface area contributed by atoms with E-state index in [1.807, 2.05) is 0 Å². The van der Waals surface area contributed by atoms with Crippen molar-refractivity contribution in [2.24, 2.45) is 0 Å². The fourth-order valence-corrected chi connectivity index (χ4v) is 2.15. The van der Waals surface area contributed by atoms with E-state index in [0.717, 1.165) is 5.56 Å². The summed E-state index contributed by atoms with van der Waals surface area (Å²) in [5, 5.41) is 2.66. The highest BCUT2D eigenvalue weighted by molar-refractivity contribution is 6.07. The maximum absolute atomic E-state index is 12.3. The number of hydrogen-bond acceptors (Lipinski definition) is 4. The molecule has 0 unspecified atom stereocenters. The highest BCUT2D eigenvalue weighted by Crippen LogP contribution is 2.23. The minimum atomic E-state index is -0.182. The Morgan fingerprint density at radius 1 is 1.00 bits per heavy atom. The lowest BCUT2D eigenvalue weighted by atomic mass is 10.1. The van der Waals surface area contributed by atoms with Crippen LogP contribution < -0.4 is 14.8 Å². The number of ketones is 1. The van der Waals surface area contributed by atoms with Gasteiger partial charge in [0.15, 0.2) is 5.78 Å². The summed E-state index contributed by atoms with van der Waals surface area (Å²) in [7, 11) is 3.14. The number of allylic oxidation sites excluding steroid dienone is 1. The van der Waals surface area contributed by atoms with Crippen molar-refractivity contribution >= 4 is 23.5 Å². The molecule has 1 amide bonds. The van der Waals surface area contributed by atoms with Crippen molar-refractivity contribution in [3.05, 3.63) is 59.7 Å². The molecular weight excluding hydrogens is 306 g/mol. The summed E-state index contributed by atoms with van der Waals surface area (Å²) < 4.78 is 10.4. The Balaban J connectivity index is 2.20. The molecule has 2 aromatic carbocycles. The Morgan fingerprint density at radius 3 is 2.25 bits per heavy atom. The lowest BCUT2D eigenvalue weighted by Gasteiger charge is -2.06. The number of carbonyl (C=O) groups is 2. The summed E-state index contributed by atoms with van der Waals surface area (Å²) >= 11 is 0. The maximum atomic E-state index is 12.3. The first-order chi connectivity index (χ1) is 11.5. The molecule has 0 saturated carbocycles. The number of anilines is 1. The minimum Gasteiger partial charge on any atom is -0.497 e. The standard InChI is InChI=1S/C19H19NO4/c1-13(21)20-16-6-4-5-15(11-16)19(22)8-7-14-9-17(23-2)12-18(10-14)24-3/h4-12H,1-3H3,(H,20,21)/b8-7+. The lowest BCUT2D eigenvalue weighted by molar-refractivity contribution is -0.114. The molecule has 2 rings (SSSR count). The number of methoxy groups -OCH3 is 2. The topological polar surface area (TPSA) is 64.6 Å². The van der Waals surface area contributed by atoms with Crippen molar-refractivity contribution in [2.75, 3.05) is 19.5 Å². The molecule has 2 aromatic rings. The van der Waals surface area contributed by atoms with Crippen LogP contribution in [0.4, 0.5) is 5.69 Å². The number of amides is 1. The summed E-state index contributed by atoms with van der Waals surface area (Å²) in [6.45, 7) is 1.42. The van der Waals surface area contributed by atoms with Gasteiger partial charge in [-0.3, -0.25) is 9.59 Å². The van der Waals surface area contributed by atoms with Crippen LogP contribution in [0.2, 0.25) is 0 Å². The van der Waals surface area contributed by atoms with Gasteiger partial charge in [0.25, 0.3) is 0 Å². The second-order valence-electron chi connectivity index (χ2n) is 5.11. The molecule has 0 radical (unpaired) electrons. The molecule has 0 aliphatic carbocycles. The first-order valence-electron chi connectivity index (χ1n) is 7.35. The van der Waals surface area contributed by atoms with E-state index in [9.17, 15) is 9.59 Å². The predicted molar refractivity (Wildman–Crippen MR) is 93.7 cm³/mol. The minimum absolute atomic E-state index is 0.163. The molecule has 24 heavy (non-hydrogen) atoms. The molecule has 0 atom stereocenters. The summed E-state index contributed by atoms with van der Waals surface area (Å²) in [4.78, 5) is 23.4. The number of carbonyl (C=O) groups excluding carboxylic acids is 2. The summed E-state index contributed by atoms with van der Waals surface area (Å²) in [6, 6.07) is 12.2. The number of ether oxygens (including phenoxy) is 2. The summed E-state index contributed by atoms with van der Waals surface area (Å²) in [5.41, 5.74) is 1.87. The van der Waals surface area contributed by atoms with Gasteiger partial charge in [0.2, 0.25) is 5.91 Å². The van der Waals surface area contributed by atoms with E-state index in [0.29, 0.717) is 22.7 Å². The van der Waals surface area contributed by atoms with Gasteiger partial charge in [0.05, 0.1) is 14.2 Å². The predicted octanol–water partition coefficient (Wildman–Crippen LogP) is 3.56. The van der Waals surface area contributed by atoms with Crippen molar-refractivity contribution in [1.29, 1.82) is 0 Å². The van der Waals surface area contributed by atoms with Gasteiger partial charge < -0.3 is 14.8 Å².